The molecule has 20 heavy (non-hydrogen) atoms. The molecule has 0 unspecified atom stereocenters. The van der Waals surface area contributed by atoms with Crippen molar-refractivity contribution < 1.29 is 14.3 Å². The Balaban J connectivity index is 2.34. The number of aryl methyl sites for hydroxylation is 1. The molecule has 0 saturated heterocycles. The van der Waals surface area contributed by atoms with Crippen LogP contribution >= 0.6 is 11.3 Å². The van der Waals surface area contributed by atoms with Gasteiger partial charge in [0.1, 0.15) is 5.75 Å². The molecule has 0 aliphatic heterocycles. The summed E-state index contributed by atoms with van der Waals surface area (Å²) in [6.07, 6.45) is 0. The van der Waals surface area contributed by atoms with Gasteiger partial charge in [0, 0.05) is 0 Å². The molecule has 0 atom stereocenters. The van der Waals surface area contributed by atoms with Crippen molar-refractivity contribution in [1.29, 1.82) is 0 Å². The summed E-state index contributed by atoms with van der Waals surface area (Å²) in [6, 6.07) is 7.65. The highest BCUT2D eigenvalue weighted by Crippen LogP contribution is 2.31. The Morgan fingerprint density at radius 2 is 1.90 bits per heavy atom. The minimum atomic E-state index is -0.374. The van der Waals surface area contributed by atoms with E-state index in [0.29, 0.717) is 18.9 Å². The molecule has 1 aromatic carbocycles. The maximum Gasteiger partial charge on any atom is 0.358 e. The van der Waals surface area contributed by atoms with E-state index in [2.05, 4.69) is 4.98 Å². The Kier molecular flexibility index (Phi) is 4.74. The minimum absolute atomic E-state index is 0.345. The fourth-order valence-electron chi connectivity index (χ4n) is 1.83. The zero-order valence-electron chi connectivity index (χ0n) is 11.8. The Morgan fingerprint density at radius 1 is 1.20 bits per heavy atom. The molecule has 0 saturated carbocycles. The molecule has 5 heteroatoms. The van der Waals surface area contributed by atoms with Gasteiger partial charge in [0.25, 0.3) is 0 Å². The highest BCUT2D eigenvalue weighted by Gasteiger charge is 2.19. The predicted molar refractivity (Wildman–Crippen MR) is 79.4 cm³/mol. The minimum Gasteiger partial charge on any atom is -0.494 e. The quantitative estimate of drug-likeness (QED) is 0.788. The molecule has 2 aromatic rings. The second-order valence-corrected chi connectivity index (χ2v) is 5.29. The van der Waals surface area contributed by atoms with Crippen LogP contribution in [0.3, 0.4) is 0 Å². The molecule has 0 aliphatic rings. The maximum absolute atomic E-state index is 11.9. The molecule has 0 amide bonds. The van der Waals surface area contributed by atoms with Gasteiger partial charge in [-0.3, -0.25) is 0 Å². The zero-order chi connectivity index (χ0) is 14.5. The van der Waals surface area contributed by atoms with E-state index in [1.807, 2.05) is 38.1 Å². The summed E-state index contributed by atoms with van der Waals surface area (Å²) in [5, 5.41) is 0.844. The molecule has 1 heterocycles. The molecule has 0 radical (unpaired) electrons. The van der Waals surface area contributed by atoms with Crippen LogP contribution in [-0.4, -0.2) is 24.2 Å². The van der Waals surface area contributed by atoms with E-state index >= 15 is 0 Å². The van der Waals surface area contributed by atoms with Crippen LogP contribution in [0.15, 0.2) is 24.3 Å². The van der Waals surface area contributed by atoms with Gasteiger partial charge in [-0.1, -0.05) is 0 Å². The highest BCUT2D eigenvalue weighted by molar-refractivity contribution is 7.15. The Labute approximate surface area is 122 Å². The molecule has 2 rings (SSSR count). The number of carbonyl (C=O) groups excluding carboxylic acids is 1. The van der Waals surface area contributed by atoms with Gasteiger partial charge in [-0.15, -0.1) is 11.3 Å². The zero-order valence-corrected chi connectivity index (χ0v) is 12.6. The molecule has 0 bridgehead atoms. The van der Waals surface area contributed by atoms with Crippen LogP contribution in [0.1, 0.15) is 29.3 Å². The van der Waals surface area contributed by atoms with Crippen molar-refractivity contribution in [2.75, 3.05) is 13.2 Å². The second-order valence-electron chi connectivity index (χ2n) is 4.09. The summed E-state index contributed by atoms with van der Waals surface area (Å²) in [5.74, 6) is 0.441. The lowest BCUT2D eigenvalue weighted by Crippen LogP contribution is -2.06. The van der Waals surface area contributed by atoms with Gasteiger partial charge in [0.15, 0.2) is 5.69 Å². The average molecular weight is 291 g/mol. The third-order valence-corrected chi connectivity index (χ3v) is 3.65. The van der Waals surface area contributed by atoms with E-state index in [1.165, 1.54) is 11.3 Å². The summed E-state index contributed by atoms with van der Waals surface area (Å²) < 4.78 is 10.5. The molecular formula is C15H17NO3S. The van der Waals surface area contributed by atoms with Crippen molar-refractivity contribution in [2.45, 2.75) is 20.8 Å². The van der Waals surface area contributed by atoms with E-state index in [1.54, 1.807) is 6.92 Å². The largest absolute Gasteiger partial charge is 0.494 e. The SMILES string of the molecule is CCOC(=O)c1nc(C)sc1-c1ccc(OCC)cc1. The fourth-order valence-corrected chi connectivity index (χ4v) is 2.74. The molecule has 106 valence electrons. The van der Waals surface area contributed by atoms with E-state index < -0.39 is 0 Å². The molecule has 0 N–H and O–H groups in total. The number of ether oxygens (including phenoxy) is 2. The van der Waals surface area contributed by atoms with Crippen LogP contribution in [0.25, 0.3) is 10.4 Å². The van der Waals surface area contributed by atoms with E-state index in [0.717, 1.165) is 21.2 Å². The van der Waals surface area contributed by atoms with Crippen molar-refractivity contribution in [1.82, 2.24) is 4.98 Å². The lowest BCUT2D eigenvalue weighted by molar-refractivity contribution is 0.0521. The lowest BCUT2D eigenvalue weighted by atomic mass is 10.1. The summed E-state index contributed by atoms with van der Waals surface area (Å²) in [4.78, 5) is 17.0. The van der Waals surface area contributed by atoms with E-state index in [4.69, 9.17) is 9.47 Å². The number of thiazole rings is 1. The second kappa shape index (κ2) is 6.52. The summed E-state index contributed by atoms with van der Waals surface area (Å²) in [7, 11) is 0. The van der Waals surface area contributed by atoms with Crippen LogP contribution in [0.4, 0.5) is 0 Å². The van der Waals surface area contributed by atoms with E-state index in [-0.39, 0.29) is 5.97 Å². The molecule has 0 aliphatic carbocycles. The van der Waals surface area contributed by atoms with Gasteiger partial charge in [0.05, 0.1) is 23.1 Å². The Hall–Kier alpha value is -1.88. The smallest absolute Gasteiger partial charge is 0.358 e. The molecule has 0 fully saturated rings. The van der Waals surface area contributed by atoms with Crippen LogP contribution < -0.4 is 4.74 Å². The van der Waals surface area contributed by atoms with Crippen LogP contribution in [-0.2, 0) is 4.74 Å². The van der Waals surface area contributed by atoms with Crippen LogP contribution in [0.2, 0.25) is 0 Å². The van der Waals surface area contributed by atoms with Crippen molar-refractivity contribution >= 4 is 17.3 Å². The van der Waals surface area contributed by atoms with Crippen LogP contribution in [0.5, 0.6) is 5.75 Å². The monoisotopic (exact) mass is 291 g/mol. The topological polar surface area (TPSA) is 48.4 Å². The molecule has 1 aromatic heterocycles. The number of hydrogen-bond donors (Lipinski definition) is 0. The fraction of sp³-hybridized carbons (Fsp3) is 0.333. The first-order chi connectivity index (χ1) is 9.65. The first kappa shape index (κ1) is 14.5. The van der Waals surface area contributed by atoms with Gasteiger partial charge in [-0.05, 0) is 50.6 Å². The third-order valence-electron chi connectivity index (χ3n) is 2.63. The lowest BCUT2D eigenvalue weighted by Gasteiger charge is -2.05. The predicted octanol–water partition coefficient (Wildman–Crippen LogP) is 3.69. The van der Waals surface area contributed by atoms with Crippen molar-refractivity contribution in [3.8, 4) is 16.2 Å². The normalized spacial score (nSPS) is 10.3. The molecule has 0 spiro atoms. The molecular weight excluding hydrogens is 274 g/mol. The summed E-state index contributed by atoms with van der Waals surface area (Å²) >= 11 is 1.49. The van der Waals surface area contributed by atoms with Gasteiger partial charge in [0.2, 0.25) is 0 Å². The maximum atomic E-state index is 11.9. The number of benzene rings is 1. The number of carbonyl (C=O) groups is 1. The Bertz CT molecular complexity index is 590. The first-order valence-electron chi connectivity index (χ1n) is 6.53. The van der Waals surface area contributed by atoms with Gasteiger partial charge in [-0.25, -0.2) is 9.78 Å². The van der Waals surface area contributed by atoms with E-state index in [9.17, 15) is 4.79 Å². The number of nitrogens with zero attached hydrogens (tertiary/aromatic N) is 1. The summed E-state index contributed by atoms with van der Waals surface area (Å²) in [5.41, 5.74) is 1.33. The summed E-state index contributed by atoms with van der Waals surface area (Å²) in [6.45, 7) is 6.59. The van der Waals surface area contributed by atoms with Gasteiger partial charge in [-0.2, -0.15) is 0 Å². The van der Waals surface area contributed by atoms with Crippen LogP contribution in [0, 0.1) is 6.92 Å². The number of rotatable bonds is 5. The molecule has 4 nitrogen and oxygen atoms in total. The standard InChI is InChI=1S/C15H17NO3S/c1-4-18-12-8-6-11(7-9-12)14-13(15(17)19-5-2)16-10(3)20-14/h6-9H,4-5H2,1-3H3. The third kappa shape index (κ3) is 3.17. The number of esters is 1. The highest BCUT2D eigenvalue weighted by atomic mass is 32.1. The van der Waals surface area contributed by atoms with Crippen molar-refractivity contribution in [2.24, 2.45) is 0 Å². The van der Waals surface area contributed by atoms with Crippen molar-refractivity contribution in [3.63, 3.8) is 0 Å². The first-order valence-corrected chi connectivity index (χ1v) is 7.35. The number of hydrogen-bond acceptors (Lipinski definition) is 5. The van der Waals surface area contributed by atoms with Gasteiger partial charge < -0.3 is 9.47 Å². The number of aromatic nitrogens is 1. The Morgan fingerprint density at radius 3 is 2.50 bits per heavy atom. The average Bonchev–Trinajstić information content (AvgIpc) is 2.82. The van der Waals surface area contributed by atoms with Crippen molar-refractivity contribution in [3.05, 3.63) is 35.0 Å². The van der Waals surface area contributed by atoms with Gasteiger partial charge >= 0.3 is 5.97 Å².